The highest BCUT2D eigenvalue weighted by atomic mass is 16.5. The van der Waals surface area contributed by atoms with Crippen LogP contribution in [0.2, 0.25) is 0 Å². The third kappa shape index (κ3) is 1.74. The summed E-state index contributed by atoms with van der Waals surface area (Å²) >= 11 is 0. The molecular weight excluding hydrogens is 186 g/mol. The number of aromatic carboxylic acids is 1. The molecule has 1 aromatic heterocycles. The molecule has 1 fully saturated rings. The maximum absolute atomic E-state index is 10.5. The molecule has 76 valence electrons. The number of carbonyl (C=O) groups is 1. The van der Waals surface area contributed by atoms with Crippen molar-refractivity contribution in [3.05, 3.63) is 11.6 Å². The predicted molar refractivity (Wildman–Crippen MR) is 45.9 cm³/mol. The predicted octanol–water partition coefficient (Wildman–Crippen LogP) is 0.744. The molecule has 0 amide bonds. The standard InChI is InChI=1S/C8H11N3O3/c12-8(13)7-9-6(10-11-7)5-3-1-2-4-14-5/h5H,1-4H2,(H,12,13)(H,9,10,11). The van der Waals surface area contributed by atoms with E-state index in [-0.39, 0.29) is 11.9 Å². The van der Waals surface area contributed by atoms with Gasteiger partial charge in [0.1, 0.15) is 6.10 Å². The molecule has 1 unspecified atom stereocenters. The van der Waals surface area contributed by atoms with Crippen molar-refractivity contribution in [2.45, 2.75) is 25.4 Å². The van der Waals surface area contributed by atoms with Crippen LogP contribution < -0.4 is 0 Å². The van der Waals surface area contributed by atoms with Crippen LogP contribution in [-0.4, -0.2) is 32.9 Å². The molecule has 14 heavy (non-hydrogen) atoms. The van der Waals surface area contributed by atoms with Gasteiger partial charge in [-0.25, -0.2) is 9.78 Å². The SMILES string of the molecule is O=C(O)c1n[nH]c(C2CCCCO2)n1. The van der Waals surface area contributed by atoms with Crippen molar-refractivity contribution in [2.75, 3.05) is 6.61 Å². The van der Waals surface area contributed by atoms with E-state index in [1.54, 1.807) is 0 Å². The van der Waals surface area contributed by atoms with Crippen molar-refractivity contribution in [1.29, 1.82) is 0 Å². The highest BCUT2D eigenvalue weighted by Crippen LogP contribution is 2.24. The lowest BCUT2D eigenvalue weighted by Gasteiger charge is -2.19. The Morgan fingerprint density at radius 1 is 1.57 bits per heavy atom. The first-order valence-corrected chi connectivity index (χ1v) is 4.54. The Bertz CT molecular complexity index is 330. The highest BCUT2D eigenvalue weighted by molar-refractivity contribution is 5.82. The molecule has 0 saturated carbocycles. The van der Waals surface area contributed by atoms with Crippen molar-refractivity contribution in [2.24, 2.45) is 0 Å². The van der Waals surface area contributed by atoms with E-state index in [9.17, 15) is 4.79 Å². The normalized spacial score (nSPS) is 22.1. The van der Waals surface area contributed by atoms with Crippen LogP contribution in [0.15, 0.2) is 0 Å². The van der Waals surface area contributed by atoms with Crippen molar-refractivity contribution < 1.29 is 14.6 Å². The summed E-state index contributed by atoms with van der Waals surface area (Å²) in [5.74, 6) is -0.806. The van der Waals surface area contributed by atoms with Crippen LogP contribution in [0.1, 0.15) is 41.8 Å². The van der Waals surface area contributed by atoms with Crippen molar-refractivity contribution >= 4 is 5.97 Å². The van der Waals surface area contributed by atoms with Gasteiger partial charge in [0.05, 0.1) is 0 Å². The summed E-state index contributed by atoms with van der Waals surface area (Å²) < 4.78 is 5.43. The summed E-state index contributed by atoms with van der Waals surface area (Å²) in [5, 5.41) is 14.8. The Labute approximate surface area is 80.3 Å². The van der Waals surface area contributed by atoms with Crippen molar-refractivity contribution in [3.63, 3.8) is 0 Å². The van der Waals surface area contributed by atoms with Gasteiger partial charge in [-0.05, 0) is 19.3 Å². The number of hydrogen-bond donors (Lipinski definition) is 2. The second-order valence-electron chi connectivity index (χ2n) is 3.20. The lowest BCUT2D eigenvalue weighted by molar-refractivity contribution is 0.00962. The van der Waals surface area contributed by atoms with Gasteiger partial charge in [0.2, 0.25) is 0 Å². The fourth-order valence-electron chi connectivity index (χ4n) is 1.47. The maximum Gasteiger partial charge on any atom is 0.375 e. The largest absolute Gasteiger partial charge is 0.475 e. The summed E-state index contributed by atoms with van der Waals surface area (Å²) in [6, 6.07) is 0. The van der Waals surface area contributed by atoms with Gasteiger partial charge in [-0.2, -0.15) is 0 Å². The maximum atomic E-state index is 10.5. The fraction of sp³-hybridized carbons (Fsp3) is 0.625. The molecule has 0 aromatic carbocycles. The molecule has 2 heterocycles. The van der Waals surface area contributed by atoms with E-state index < -0.39 is 5.97 Å². The molecule has 0 spiro atoms. The van der Waals surface area contributed by atoms with Crippen molar-refractivity contribution in [3.8, 4) is 0 Å². The van der Waals surface area contributed by atoms with E-state index in [0.717, 1.165) is 19.3 Å². The van der Waals surface area contributed by atoms with Crippen LogP contribution in [0.25, 0.3) is 0 Å². The molecular formula is C8H11N3O3. The molecule has 1 aromatic rings. The molecule has 6 heteroatoms. The Hall–Kier alpha value is -1.43. The molecule has 2 N–H and O–H groups in total. The van der Waals surface area contributed by atoms with Gasteiger partial charge >= 0.3 is 5.97 Å². The number of aromatic amines is 1. The number of nitrogens with zero attached hydrogens (tertiary/aromatic N) is 2. The van der Waals surface area contributed by atoms with E-state index >= 15 is 0 Å². The van der Waals surface area contributed by atoms with Crippen LogP contribution >= 0.6 is 0 Å². The van der Waals surface area contributed by atoms with Crippen LogP contribution in [0.4, 0.5) is 0 Å². The zero-order valence-corrected chi connectivity index (χ0v) is 7.56. The number of aromatic nitrogens is 3. The van der Waals surface area contributed by atoms with Crippen LogP contribution in [0, 0.1) is 0 Å². The lowest BCUT2D eigenvalue weighted by atomic mass is 10.1. The third-order valence-electron chi connectivity index (χ3n) is 2.18. The number of carboxylic acid groups (broad SMARTS) is 1. The molecule has 0 radical (unpaired) electrons. The molecule has 1 aliphatic rings. The van der Waals surface area contributed by atoms with Gasteiger partial charge in [0, 0.05) is 6.61 Å². The Balaban J connectivity index is 2.11. The summed E-state index contributed by atoms with van der Waals surface area (Å²) in [4.78, 5) is 14.4. The van der Waals surface area contributed by atoms with Gasteiger partial charge in [0.15, 0.2) is 5.82 Å². The topological polar surface area (TPSA) is 88.1 Å². The van der Waals surface area contributed by atoms with E-state index in [4.69, 9.17) is 9.84 Å². The van der Waals surface area contributed by atoms with Gasteiger partial charge in [-0.15, -0.1) is 5.10 Å². The molecule has 1 saturated heterocycles. The average Bonchev–Trinajstić information content (AvgIpc) is 2.68. The second-order valence-corrected chi connectivity index (χ2v) is 3.20. The minimum absolute atomic E-state index is 0.121. The fourth-order valence-corrected chi connectivity index (χ4v) is 1.47. The molecule has 2 rings (SSSR count). The zero-order chi connectivity index (χ0) is 9.97. The van der Waals surface area contributed by atoms with Gasteiger partial charge < -0.3 is 9.84 Å². The van der Waals surface area contributed by atoms with Gasteiger partial charge in [-0.1, -0.05) is 0 Å². The van der Waals surface area contributed by atoms with E-state index in [1.807, 2.05) is 0 Å². The number of ether oxygens (including phenoxy) is 1. The first-order valence-electron chi connectivity index (χ1n) is 4.54. The summed E-state index contributed by atoms with van der Waals surface area (Å²) in [6.07, 6.45) is 2.88. The first kappa shape index (κ1) is 9.14. The summed E-state index contributed by atoms with van der Waals surface area (Å²) in [5.41, 5.74) is 0. The number of rotatable bonds is 2. The summed E-state index contributed by atoms with van der Waals surface area (Å²) in [7, 11) is 0. The molecule has 1 atom stereocenters. The second kappa shape index (κ2) is 3.75. The molecule has 1 aliphatic heterocycles. The third-order valence-corrected chi connectivity index (χ3v) is 2.18. The lowest BCUT2D eigenvalue weighted by Crippen LogP contribution is -2.13. The van der Waals surface area contributed by atoms with E-state index in [0.29, 0.717) is 12.4 Å². The Kier molecular flexibility index (Phi) is 2.45. The van der Waals surface area contributed by atoms with Gasteiger partial charge in [-0.3, -0.25) is 5.10 Å². The molecule has 6 nitrogen and oxygen atoms in total. The number of hydrogen-bond acceptors (Lipinski definition) is 4. The minimum atomic E-state index is -1.12. The molecule has 0 bridgehead atoms. The van der Waals surface area contributed by atoms with E-state index in [1.165, 1.54) is 0 Å². The first-order chi connectivity index (χ1) is 6.77. The number of H-pyrrole nitrogens is 1. The minimum Gasteiger partial charge on any atom is -0.475 e. The number of nitrogens with one attached hydrogen (secondary N) is 1. The van der Waals surface area contributed by atoms with E-state index in [2.05, 4.69) is 15.2 Å². The van der Waals surface area contributed by atoms with Crippen LogP contribution in [0.3, 0.4) is 0 Å². The smallest absolute Gasteiger partial charge is 0.375 e. The zero-order valence-electron chi connectivity index (χ0n) is 7.56. The van der Waals surface area contributed by atoms with Crippen LogP contribution in [-0.2, 0) is 4.74 Å². The monoisotopic (exact) mass is 197 g/mol. The molecule has 0 aliphatic carbocycles. The van der Waals surface area contributed by atoms with Crippen LogP contribution in [0.5, 0.6) is 0 Å². The summed E-state index contributed by atoms with van der Waals surface area (Å²) in [6.45, 7) is 0.702. The average molecular weight is 197 g/mol. The van der Waals surface area contributed by atoms with Crippen molar-refractivity contribution in [1.82, 2.24) is 15.2 Å². The quantitative estimate of drug-likeness (QED) is 0.730. The Morgan fingerprint density at radius 3 is 3.00 bits per heavy atom. The van der Waals surface area contributed by atoms with Gasteiger partial charge in [0.25, 0.3) is 5.82 Å². The number of carboxylic acids is 1. The highest BCUT2D eigenvalue weighted by Gasteiger charge is 2.21. The Morgan fingerprint density at radius 2 is 2.43 bits per heavy atom.